The Labute approximate surface area is 158 Å². The molecule has 1 aromatic heterocycles. The average Bonchev–Trinajstić information content (AvgIpc) is 2.86. The Morgan fingerprint density at radius 3 is 2.83 bits per heavy atom. The molecule has 5 nitrogen and oxygen atoms in total. The molecule has 8 heteroatoms. The maximum atomic E-state index is 9.48. The highest BCUT2D eigenvalue weighted by Crippen LogP contribution is 2.35. The van der Waals surface area contributed by atoms with Gasteiger partial charge in [0.25, 0.3) is 0 Å². The molecule has 0 radical (unpaired) electrons. The zero-order valence-corrected chi connectivity index (χ0v) is 16.7. The van der Waals surface area contributed by atoms with E-state index in [4.69, 9.17) is 10.7 Å². The summed E-state index contributed by atoms with van der Waals surface area (Å²) in [7, 11) is 0. The second-order valence-electron chi connectivity index (χ2n) is 5.53. The van der Waals surface area contributed by atoms with Gasteiger partial charge in [0.2, 0.25) is 5.95 Å². The summed E-state index contributed by atoms with van der Waals surface area (Å²) in [5.41, 5.74) is 8.39. The molecule has 23 heavy (non-hydrogen) atoms. The molecule has 1 aliphatic rings. The first kappa shape index (κ1) is 18.5. The first-order chi connectivity index (χ1) is 10.6. The summed E-state index contributed by atoms with van der Waals surface area (Å²) in [5.74, 6) is 0.911. The molecule has 0 unspecified atom stereocenters. The predicted octanol–water partition coefficient (Wildman–Crippen LogP) is 3.80. The zero-order chi connectivity index (χ0) is 15.9. The van der Waals surface area contributed by atoms with E-state index in [1.807, 2.05) is 6.07 Å². The molecular weight excluding hydrogens is 445 g/mol. The molecule has 1 aliphatic heterocycles. The molecule has 0 amide bonds. The second-order valence-corrected chi connectivity index (χ2v) is 7.18. The van der Waals surface area contributed by atoms with Gasteiger partial charge in [-0.05, 0) is 57.7 Å². The van der Waals surface area contributed by atoms with Crippen LogP contribution in [0.25, 0.3) is 11.0 Å². The minimum absolute atomic E-state index is 0. The van der Waals surface area contributed by atoms with Crippen molar-refractivity contribution in [2.45, 2.75) is 32.4 Å². The molecule has 0 spiro atoms. The first-order valence-electron chi connectivity index (χ1n) is 7.35. The Morgan fingerprint density at radius 2 is 2.22 bits per heavy atom. The zero-order valence-electron chi connectivity index (χ0n) is 12.7. The lowest BCUT2D eigenvalue weighted by molar-refractivity contribution is 0.494. The van der Waals surface area contributed by atoms with Gasteiger partial charge in [-0.1, -0.05) is 0 Å². The fourth-order valence-corrected chi connectivity index (χ4v) is 3.84. The number of fused-ring (bicyclic) bond motifs is 1. The maximum absolute atomic E-state index is 9.48. The van der Waals surface area contributed by atoms with Crippen LogP contribution in [0.3, 0.4) is 0 Å². The van der Waals surface area contributed by atoms with Crippen molar-refractivity contribution >= 4 is 61.2 Å². The number of hydrogen-bond donors (Lipinski definition) is 1. The van der Waals surface area contributed by atoms with E-state index < -0.39 is 0 Å². The Kier molecular flexibility index (Phi) is 5.95. The van der Waals surface area contributed by atoms with E-state index in [2.05, 4.69) is 54.3 Å². The van der Waals surface area contributed by atoms with Crippen LogP contribution in [0.2, 0.25) is 0 Å². The third-order valence-corrected chi connectivity index (χ3v) is 6.07. The molecule has 0 saturated carbocycles. The smallest absolute Gasteiger partial charge is 0.206 e. The minimum atomic E-state index is 0. The van der Waals surface area contributed by atoms with Crippen molar-refractivity contribution in [2.75, 3.05) is 18.0 Å². The topological polar surface area (TPSA) is 70.9 Å². The number of rotatable bonds is 2. The standard InChI is InChI=1S/C15H17Br2N5.ClH/c1-2-22-12-6-11(16)13(17)10(7-18)14(12)20-15(22)21-5-3-4-9(19)8-21;/h6,9H,2-5,8,19H2,1H3;1H/t9-;/m0./s1. The van der Waals surface area contributed by atoms with Crippen molar-refractivity contribution in [3.8, 4) is 6.07 Å². The van der Waals surface area contributed by atoms with E-state index in [-0.39, 0.29) is 18.4 Å². The third kappa shape index (κ3) is 3.22. The molecule has 2 N–H and O–H groups in total. The van der Waals surface area contributed by atoms with Crippen LogP contribution >= 0.6 is 44.3 Å². The minimum Gasteiger partial charge on any atom is -0.341 e. The number of anilines is 1. The van der Waals surface area contributed by atoms with Crippen molar-refractivity contribution in [1.82, 2.24) is 9.55 Å². The number of aryl methyl sites for hydroxylation is 1. The van der Waals surface area contributed by atoms with Crippen LogP contribution in [-0.4, -0.2) is 28.7 Å². The van der Waals surface area contributed by atoms with Crippen molar-refractivity contribution in [1.29, 1.82) is 5.26 Å². The normalized spacial score (nSPS) is 17.9. The molecule has 2 aromatic rings. The maximum Gasteiger partial charge on any atom is 0.206 e. The highest BCUT2D eigenvalue weighted by atomic mass is 79.9. The molecule has 1 aromatic carbocycles. The van der Waals surface area contributed by atoms with E-state index in [9.17, 15) is 5.26 Å². The summed E-state index contributed by atoms with van der Waals surface area (Å²) in [5, 5.41) is 9.48. The van der Waals surface area contributed by atoms with Crippen molar-refractivity contribution in [2.24, 2.45) is 5.73 Å². The molecule has 0 bridgehead atoms. The van der Waals surface area contributed by atoms with E-state index in [0.29, 0.717) is 5.56 Å². The van der Waals surface area contributed by atoms with Crippen LogP contribution in [0.5, 0.6) is 0 Å². The average molecular weight is 464 g/mol. The number of aromatic nitrogens is 2. The van der Waals surface area contributed by atoms with Gasteiger partial charge in [0.1, 0.15) is 11.6 Å². The number of nitrogens with zero attached hydrogens (tertiary/aromatic N) is 4. The molecular formula is C15H18Br2ClN5. The van der Waals surface area contributed by atoms with Crippen molar-refractivity contribution < 1.29 is 0 Å². The fraction of sp³-hybridized carbons (Fsp3) is 0.467. The molecule has 1 fully saturated rings. The van der Waals surface area contributed by atoms with Crippen molar-refractivity contribution in [3.63, 3.8) is 0 Å². The van der Waals surface area contributed by atoms with Crippen LogP contribution < -0.4 is 10.6 Å². The lowest BCUT2D eigenvalue weighted by Crippen LogP contribution is -2.43. The van der Waals surface area contributed by atoms with E-state index in [1.54, 1.807) is 0 Å². The highest BCUT2D eigenvalue weighted by molar-refractivity contribution is 9.13. The number of nitrogens with two attached hydrogens (primary N) is 1. The first-order valence-corrected chi connectivity index (χ1v) is 8.94. The molecule has 124 valence electrons. The van der Waals surface area contributed by atoms with Gasteiger partial charge >= 0.3 is 0 Å². The number of benzene rings is 1. The number of halogens is 3. The van der Waals surface area contributed by atoms with Crippen LogP contribution in [0.4, 0.5) is 5.95 Å². The quantitative estimate of drug-likeness (QED) is 0.735. The summed E-state index contributed by atoms with van der Waals surface area (Å²) >= 11 is 6.98. The summed E-state index contributed by atoms with van der Waals surface area (Å²) in [6.07, 6.45) is 2.13. The Bertz CT molecular complexity index is 768. The summed E-state index contributed by atoms with van der Waals surface area (Å²) in [6.45, 7) is 4.67. The van der Waals surface area contributed by atoms with E-state index in [0.717, 1.165) is 58.4 Å². The van der Waals surface area contributed by atoms with Crippen molar-refractivity contribution in [3.05, 3.63) is 20.6 Å². The fourth-order valence-electron chi connectivity index (χ4n) is 3.04. The monoisotopic (exact) mass is 461 g/mol. The molecule has 1 atom stereocenters. The van der Waals surface area contributed by atoms with Gasteiger partial charge in [-0.15, -0.1) is 12.4 Å². The van der Waals surface area contributed by atoms with Gasteiger partial charge in [0.15, 0.2) is 0 Å². The SMILES string of the molecule is CCn1c(N2CCC[C@H](N)C2)nc2c(C#N)c(Br)c(Br)cc21.Cl. The largest absolute Gasteiger partial charge is 0.341 e. The van der Waals surface area contributed by atoms with Gasteiger partial charge in [0, 0.05) is 30.1 Å². The summed E-state index contributed by atoms with van der Waals surface area (Å²) < 4.78 is 3.78. The number of imidazole rings is 1. The Morgan fingerprint density at radius 1 is 1.48 bits per heavy atom. The third-order valence-electron chi connectivity index (χ3n) is 4.08. The number of nitriles is 1. The Balaban J connectivity index is 0.00000192. The highest BCUT2D eigenvalue weighted by Gasteiger charge is 2.24. The summed E-state index contributed by atoms with van der Waals surface area (Å²) in [4.78, 5) is 7.01. The van der Waals surface area contributed by atoms with Gasteiger partial charge < -0.3 is 15.2 Å². The predicted molar refractivity (Wildman–Crippen MR) is 102 cm³/mol. The number of hydrogen-bond acceptors (Lipinski definition) is 4. The van der Waals surface area contributed by atoms with Crippen LogP contribution in [0.15, 0.2) is 15.0 Å². The number of piperidine rings is 1. The lowest BCUT2D eigenvalue weighted by Gasteiger charge is -2.31. The van der Waals surface area contributed by atoms with E-state index in [1.165, 1.54) is 0 Å². The molecule has 3 rings (SSSR count). The Hall–Kier alpha value is -0.810. The molecule has 0 aliphatic carbocycles. The summed E-state index contributed by atoms with van der Waals surface area (Å²) in [6, 6.07) is 4.47. The molecule has 2 heterocycles. The van der Waals surface area contributed by atoms with Crippen LogP contribution in [-0.2, 0) is 6.54 Å². The van der Waals surface area contributed by atoms with E-state index >= 15 is 0 Å². The van der Waals surface area contributed by atoms with Crippen LogP contribution in [0, 0.1) is 11.3 Å². The van der Waals surface area contributed by atoms with Gasteiger partial charge in [-0.3, -0.25) is 0 Å². The van der Waals surface area contributed by atoms with Gasteiger partial charge in [-0.2, -0.15) is 5.26 Å². The second kappa shape index (κ2) is 7.39. The lowest BCUT2D eigenvalue weighted by atomic mass is 10.1. The van der Waals surface area contributed by atoms with Gasteiger partial charge in [0.05, 0.1) is 15.6 Å². The molecule has 1 saturated heterocycles. The van der Waals surface area contributed by atoms with Crippen LogP contribution in [0.1, 0.15) is 25.3 Å². The van der Waals surface area contributed by atoms with Gasteiger partial charge in [-0.25, -0.2) is 4.98 Å².